The quantitative estimate of drug-likeness (QED) is 0.664. The Morgan fingerprint density at radius 3 is 2.34 bits per heavy atom. The normalized spacial score (nSPS) is 17.6. The number of hydrogen-bond donors (Lipinski definition) is 1. The van der Waals surface area contributed by atoms with Gasteiger partial charge in [0.1, 0.15) is 17.4 Å². The van der Waals surface area contributed by atoms with Crippen molar-refractivity contribution >= 4 is 25.6 Å². The molecule has 0 aromatic heterocycles. The molecule has 11 heteroatoms. The summed E-state index contributed by atoms with van der Waals surface area (Å²) in [5, 5.41) is 9.60. The van der Waals surface area contributed by atoms with Crippen LogP contribution in [0.5, 0.6) is 0 Å². The van der Waals surface area contributed by atoms with Gasteiger partial charge in [0.25, 0.3) is 0 Å². The van der Waals surface area contributed by atoms with Crippen molar-refractivity contribution in [3.05, 3.63) is 46.6 Å². The highest BCUT2D eigenvalue weighted by Crippen LogP contribution is 2.42. The topological polar surface area (TPSA) is 154 Å². The zero-order valence-electron chi connectivity index (χ0n) is 16.2. The number of rotatable bonds is 5. The summed E-state index contributed by atoms with van der Waals surface area (Å²) in [5.74, 6) is -2.24. The Hall–Kier alpha value is -2.84. The van der Waals surface area contributed by atoms with Gasteiger partial charge in [0.15, 0.2) is 19.7 Å². The van der Waals surface area contributed by atoms with Gasteiger partial charge in [-0.15, -0.1) is 0 Å². The maximum Gasteiger partial charge on any atom is 0.338 e. The minimum Gasteiger partial charge on any atom is -0.463 e. The molecule has 0 saturated heterocycles. The van der Waals surface area contributed by atoms with Gasteiger partial charge in [-0.2, -0.15) is 5.26 Å². The number of carbonyl (C=O) groups is 1. The Balaban J connectivity index is 2.91. The molecular weight excluding hydrogens is 420 g/mol. The summed E-state index contributed by atoms with van der Waals surface area (Å²) in [4.78, 5) is 12.0. The molecule has 1 aromatic rings. The van der Waals surface area contributed by atoms with Crippen molar-refractivity contribution in [3.63, 3.8) is 0 Å². The van der Waals surface area contributed by atoms with Gasteiger partial charge in [0.05, 0.1) is 27.9 Å². The standard InChI is InChI=1S/C18H20N2O7S2/c1-5-26-18(21)15-10(2)27-17(20)13(9-19)16(15)12-7-6-11(28(3,22)23)8-14(12)29(4,24)25/h6-8,16H,5,20H2,1-4H3. The van der Waals surface area contributed by atoms with Crippen LogP contribution in [0.1, 0.15) is 25.3 Å². The second-order valence-corrected chi connectivity index (χ2v) is 10.4. The maximum absolute atomic E-state index is 12.6. The number of esters is 1. The first-order valence-corrected chi connectivity index (χ1v) is 12.1. The van der Waals surface area contributed by atoms with E-state index in [1.165, 1.54) is 19.1 Å². The van der Waals surface area contributed by atoms with Crippen LogP contribution in [0.25, 0.3) is 0 Å². The van der Waals surface area contributed by atoms with E-state index in [2.05, 4.69) is 0 Å². The van der Waals surface area contributed by atoms with Crippen molar-refractivity contribution in [2.45, 2.75) is 29.6 Å². The molecule has 1 aromatic carbocycles. The molecule has 0 bridgehead atoms. The van der Waals surface area contributed by atoms with Gasteiger partial charge in [-0.3, -0.25) is 0 Å². The van der Waals surface area contributed by atoms with Crippen LogP contribution >= 0.6 is 0 Å². The van der Waals surface area contributed by atoms with Crippen molar-refractivity contribution in [2.24, 2.45) is 5.73 Å². The Labute approximate surface area is 169 Å². The molecule has 1 atom stereocenters. The molecule has 9 nitrogen and oxygen atoms in total. The number of nitriles is 1. The van der Waals surface area contributed by atoms with Crippen molar-refractivity contribution in [2.75, 3.05) is 19.1 Å². The molecule has 0 amide bonds. The van der Waals surface area contributed by atoms with Crippen LogP contribution in [-0.4, -0.2) is 41.9 Å². The average molecular weight is 440 g/mol. The van der Waals surface area contributed by atoms with E-state index in [1.54, 1.807) is 6.92 Å². The Morgan fingerprint density at radius 2 is 1.86 bits per heavy atom. The minimum absolute atomic E-state index is 0.0186. The van der Waals surface area contributed by atoms with Gasteiger partial charge in [-0.1, -0.05) is 6.07 Å². The molecule has 0 saturated carbocycles. The molecular formula is C18H20N2O7S2. The van der Waals surface area contributed by atoms with Crippen LogP contribution in [0.15, 0.2) is 50.8 Å². The van der Waals surface area contributed by atoms with Gasteiger partial charge in [-0.05, 0) is 31.5 Å². The molecule has 2 N–H and O–H groups in total. The largest absolute Gasteiger partial charge is 0.463 e. The number of nitrogens with zero attached hydrogens (tertiary/aromatic N) is 1. The monoisotopic (exact) mass is 440 g/mol. The lowest BCUT2D eigenvalue weighted by molar-refractivity contribution is -0.139. The molecule has 1 heterocycles. The summed E-state index contributed by atoms with van der Waals surface area (Å²) in [6.07, 6.45) is 1.84. The molecule has 1 unspecified atom stereocenters. The van der Waals surface area contributed by atoms with Crippen LogP contribution in [-0.2, 0) is 33.9 Å². The summed E-state index contributed by atoms with van der Waals surface area (Å²) in [6, 6.07) is 5.30. The SMILES string of the molecule is CCOC(=O)C1=C(C)OC(N)=C(C#N)C1c1ccc(S(C)(=O)=O)cc1S(C)(=O)=O. The smallest absolute Gasteiger partial charge is 0.338 e. The molecule has 0 aliphatic carbocycles. The molecule has 0 spiro atoms. The fourth-order valence-electron chi connectivity index (χ4n) is 2.97. The molecule has 29 heavy (non-hydrogen) atoms. The summed E-state index contributed by atoms with van der Waals surface area (Å²) >= 11 is 0. The molecule has 2 rings (SSSR count). The predicted octanol–water partition coefficient (Wildman–Crippen LogP) is 1.14. The van der Waals surface area contributed by atoms with Crippen LogP contribution in [0, 0.1) is 11.3 Å². The Morgan fingerprint density at radius 1 is 1.24 bits per heavy atom. The lowest BCUT2D eigenvalue weighted by Gasteiger charge is -2.28. The first kappa shape index (κ1) is 22.4. The Kier molecular flexibility index (Phi) is 6.10. The summed E-state index contributed by atoms with van der Waals surface area (Å²) in [6.45, 7) is 3.06. The van der Waals surface area contributed by atoms with Crippen LogP contribution < -0.4 is 5.73 Å². The fraction of sp³-hybridized carbons (Fsp3) is 0.333. The van der Waals surface area contributed by atoms with E-state index in [4.69, 9.17) is 15.2 Å². The molecule has 0 radical (unpaired) electrons. The number of benzene rings is 1. The van der Waals surface area contributed by atoms with Crippen molar-refractivity contribution in [1.82, 2.24) is 0 Å². The number of nitrogens with two attached hydrogens (primary N) is 1. The van der Waals surface area contributed by atoms with Crippen molar-refractivity contribution < 1.29 is 31.1 Å². The first-order chi connectivity index (χ1) is 13.3. The molecule has 156 valence electrons. The Bertz CT molecular complexity index is 1190. The number of sulfone groups is 2. The van der Waals surface area contributed by atoms with E-state index in [0.29, 0.717) is 0 Å². The number of ether oxygens (including phenoxy) is 2. The third kappa shape index (κ3) is 4.44. The second kappa shape index (κ2) is 7.88. The number of allylic oxidation sites excluding steroid dienone is 2. The van der Waals surface area contributed by atoms with Gasteiger partial charge < -0.3 is 15.2 Å². The van der Waals surface area contributed by atoms with E-state index in [-0.39, 0.29) is 44.7 Å². The molecule has 0 fully saturated rings. The second-order valence-electron chi connectivity index (χ2n) is 6.36. The lowest BCUT2D eigenvalue weighted by Crippen LogP contribution is -2.26. The predicted molar refractivity (Wildman–Crippen MR) is 103 cm³/mol. The highest BCUT2D eigenvalue weighted by atomic mass is 32.2. The highest BCUT2D eigenvalue weighted by molar-refractivity contribution is 7.91. The first-order valence-electron chi connectivity index (χ1n) is 8.32. The number of carbonyl (C=O) groups excluding carboxylic acids is 1. The maximum atomic E-state index is 12.6. The van der Waals surface area contributed by atoms with Gasteiger partial charge >= 0.3 is 5.97 Å². The minimum atomic E-state index is -3.95. The summed E-state index contributed by atoms with van der Waals surface area (Å²) in [7, 11) is -7.65. The van der Waals surface area contributed by atoms with Gasteiger partial charge in [0, 0.05) is 12.5 Å². The summed E-state index contributed by atoms with van der Waals surface area (Å²) in [5.41, 5.74) is 5.55. The van der Waals surface area contributed by atoms with E-state index in [0.717, 1.165) is 18.6 Å². The fourth-order valence-corrected chi connectivity index (χ4v) is 4.65. The van der Waals surface area contributed by atoms with E-state index in [1.807, 2.05) is 6.07 Å². The van der Waals surface area contributed by atoms with Gasteiger partial charge in [0.2, 0.25) is 5.88 Å². The van der Waals surface area contributed by atoms with Crippen molar-refractivity contribution in [3.8, 4) is 6.07 Å². The van der Waals surface area contributed by atoms with Crippen molar-refractivity contribution in [1.29, 1.82) is 5.26 Å². The third-order valence-corrected chi connectivity index (χ3v) is 6.49. The van der Waals surface area contributed by atoms with Crippen LogP contribution in [0.3, 0.4) is 0 Å². The summed E-state index contributed by atoms with van der Waals surface area (Å²) < 4.78 is 59.0. The van der Waals surface area contributed by atoms with E-state index < -0.39 is 31.6 Å². The zero-order valence-corrected chi connectivity index (χ0v) is 17.8. The van der Waals surface area contributed by atoms with Crippen LogP contribution in [0.4, 0.5) is 0 Å². The average Bonchev–Trinajstić information content (AvgIpc) is 2.59. The highest BCUT2D eigenvalue weighted by Gasteiger charge is 2.38. The van der Waals surface area contributed by atoms with Crippen LogP contribution in [0.2, 0.25) is 0 Å². The van der Waals surface area contributed by atoms with E-state index >= 15 is 0 Å². The number of hydrogen-bond acceptors (Lipinski definition) is 9. The molecule has 1 aliphatic heterocycles. The van der Waals surface area contributed by atoms with Gasteiger partial charge in [-0.25, -0.2) is 21.6 Å². The third-order valence-electron chi connectivity index (χ3n) is 4.22. The zero-order chi connectivity index (χ0) is 22.1. The lowest BCUT2D eigenvalue weighted by atomic mass is 9.83. The van der Waals surface area contributed by atoms with E-state index in [9.17, 15) is 26.9 Å². The molecule has 1 aliphatic rings.